The zero-order chi connectivity index (χ0) is 23.6. The van der Waals surface area contributed by atoms with E-state index in [1.54, 1.807) is 19.2 Å². The van der Waals surface area contributed by atoms with Crippen LogP contribution in [0.15, 0.2) is 42.5 Å². The molecular weight excluding hydrogens is 406 g/mol. The van der Waals surface area contributed by atoms with Crippen LogP contribution in [-0.4, -0.2) is 49.5 Å². The number of nitriles is 1. The minimum absolute atomic E-state index is 0.0294. The van der Waals surface area contributed by atoms with Gasteiger partial charge < -0.3 is 25.2 Å². The van der Waals surface area contributed by atoms with E-state index in [4.69, 9.17) is 9.47 Å². The van der Waals surface area contributed by atoms with Gasteiger partial charge in [0, 0.05) is 24.2 Å². The van der Waals surface area contributed by atoms with E-state index in [0.717, 1.165) is 24.2 Å². The number of aliphatic hydroxyl groups is 1. The number of nitrogens with zero attached hydrogens (tertiary/aromatic N) is 1. The molecule has 32 heavy (non-hydrogen) atoms. The molecule has 0 radical (unpaired) electrons. The van der Waals surface area contributed by atoms with Gasteiger partial charge in [0.1, 0.15) is 30.3 Å². The molecule has 0 fully saturated rings. The summed E-state index contributed by atoms with van der Waals surface area (Å²) in [6, 6.07) is 14.7. The van der Waals surface area contributed by atoms with Gasteiger partial charge in [-0.1, -0.05) is 19.1 Å². The summed E-state index contributed by atoms with van der Waals surface area (Å²) in [5.41, 5.74) is 1.59. The first-order chi connectivity index (χ1) is 15.3. The number of hydrogen-bond acceptors (Lipinski definition) is 6. The van der Waals surface area contributed by atoms with Gasteiger partial charge in [-0.2, -0.15) is 5.26 Å². The van der Waals surface area contributed by atoms with E-state index in [-0.39, 0.29) is 23.6 Å². The Morgan fingerprint density at radius 2 is 1.94 bits per heavy atom. The summed E-state index contributed by atoms with van der Waals surface area (Å²) >= 11 is 0. The van der Waals surface area contributed by atoms with Crippen LogP contribution in [0.3, 0.4) is 0 Å². The van der Waals surface area contributed by atoms with Crippen molar-refractivity contribution in [3.05, 3.63) is 59.2 Å². The molecule has 1 unspecified atom stereocenters. The highest BCUT2D eigenvalue weighted by atomic mass is 16.5. The van der Waals surface area contributed by atoms with Crippen molar-refractivity contribution in [1.82, 2.24) is 10.6 Å². The predicted octanol–water partition coefficient (Wildman–Crippen LogP) is 3.06. The van der Waals surface area contributed by atoms with Gasteiger partial charge in [-0.25, -0.2) is 0 Å². The number of ether oxygens (including phenoxy) is 2. The van der Waals surface area contributed by atoms with Crippen molar-refractivity contribution in [2.24, 2.45) is 0 Å². The lowest BCUT2D eigenvalue weighted by Gasteiger charge is -2.28. The Balaban J connectivity index is 1.86. The minimum Gasteiger partial charge on any atom is -0.497 e. The van der Waals surface area contributed by atoms with Crippen molar-refractivity contribution in [3.8, 4) is 17.6 Å². The van der Waals surface area contributed by atoms with Crippen LogP contribution in [-0.2, 0) is 6.42 Å². The summed E-state index contributed by atoms with van der Waals surface area (Å²) in [6.45, 7) is 7.05. The van der Waals surface area contributed by atoms with E-state index in [0.29, 0.717) is 24.4 Å². The number of carbonyl (C=O) groups is 1. The molecule has 2 aromatic rings. The van der Waals surface area contributed by atoms with Crippen LogP contribution in [0, 0.1) is 11.3 Å². The Morgan fingerprint density at radius 1 is 1.22 bits per heavy atom. The van der Waals surface area contributed by atoms with Gasteiger partial charge in [0.05, 0.1) is 12.7 Å². The standard InChI is InChI=1S/C25H33N3O4/c1-5-12-27-24(30)19-8-11-23(20(13-19)15-26)32-17-21(29)16-28-25(2,3)14-18-6-9-22(31-4)10-7-18/h6-11,13,21,28-29H,5,12,14,16-17H2,1-4H3,(H,27,30). The molecule has 0 aliphatic heterocycles. The van der Waals surface area contributed by atoms with Crippen molar-refractivity contribution >= 4 is 5.91 Å². The van der Waals surface area contributed by atoms with E-state index in [1.807, 2.05) is 31.2 Å². The molecule has 3 N–H and O–H groups in total. The summed E-state index contributed by atoms with van der Waals surface area (Å²) in [7, 11) is 1.64. The number of β-amino-alcohol motifs (C(OH)–C–C–N with tert-alkyl or cyclic N) is 1. The van der Waals surface area contributed by atoms with E-state index in [9.17, 15) is 15.2 Å². The van der Waals surface area contributed by atoms with E-state index >= 15 is 0 Å². The second-order valence-electron chi connectivity index (χ2n) is 8.33. The highest BCUT2D eigenvalue weighted by Crippen LogP contribution is 2.20. The molecule has 7 heteroatoms. The summed E-state index contributed by atoms with van der Waals surface area (Å²) in [6.07, 6.45) is 0.857. The molecule has 0 bridgehead atoms. The van der Waals surface area contributed by atoms with E-state index in [2.05, 4.69) is 30.6 Å². The summed E-state index contributed by atoms with van der Waals surface area (Å²) in [4.78, 5) is 12.1. The Bertz CT molecular complexity index is 920. The van der Waals surface area contributed by atoms with Crippen LogP contribution >= 0.6 is 0 Å². The topological polar surface area (TPSA) is 104 Å². The molecule has 2 aromatic carbocycles. The first-order valence-corrected chi connectivity index (χ1v) is 10.8. The smallest absolute Gasteiger partial charge is 0.251 e. The van der Waals surface area contributed by atoms with E-state index in [1.165, 1.54) is 6.07 Å². The average Bonchev–Trinajstić information content (AvgIpc) is 2.80. The van der Waals surface area contributed by atoms with Crippen molar-refractivity contribution < 1.29 is 19.4 Å². The van der Waals surface area contributed by atoms with Gasteiger partial charge in [-0.3, -0.25) is 4.79 Å². The fourth-order valence-corrected chi connectivity index (χ4v) is 3.18. The molecule has 0 saturated heterocycles. The van der Waals surface area contributed by atoms with E-state index < -0.39 is 6.10 Å². The largest absolute Gasteiger partial charge is 0.497 e. The summed E-state index contributed by atoms with van der Waals surface area (Å²) in [5, 5.41) is 25.9. The summed E-state index contributed by atoms with van der Waals surface area (Å²) in [5.74, 6) is 0.938. The highest BCUT2D eigenvalue weighted by Gasteiger charge is 2.20. The third-order valence-electron chi connectivity index (χ3n) is 4.95. The van der Waals surface area contributed by atoms with Crippen LogP contribution in [0.2, 0.25) is 0 Å². The molecule has 172 valence electrons. The lowest BCUT2D eigenvalue weighted by molar-refractivity contribution is 0.0951. The monoisotopic (exact) mass is 439 g/mol. The molecule has 7 nitrogen and oxygen atoms in total. The second-order valence-corrected chi connectivity index (χ2v) is 8.33. The number of hydrogen-bond donors (Lipinski definition) is 3. The SMILES string of the molecule is CCCNC(=O)c1ccc(OCC(O)CNC(C)(C)Cc2ccc(OC)cc2)c(C#N)c1. The van der Waals surface area contributed by atoms with Crippen molar-refractivity contribution in [1.29, 1.82) is 5.26 Å². The summed E-state index contributed by atoms with van der Waals surface area (Å²) < 4.78 is 10.8. The number of nitrogens with one attached hydrogen (secondary N) is 2. The maximum atomic E-state index is 12.1. The highest BCUT2D eigenvalue weighted by molar-refractivity contribution is 5.94. The van der Waals surface area contributed by atoms with Gasteiger partial charge in [-0.15, -0.1) is 0 Å². The molecule has 1 amide bonds. The van der Waals surface area contributed by atoms with Gasteiger partial charge >= 0.3 is 0 Å². The maximum absolute atomic E-state index is 12.1. The second kappa shape index (κ2) is 12.1. The number of rotatable bonds is 12. The predicted molar refractivity (Wildman–Crippen MR) is 124 cm³/mol. The molecule has 0 aromatic heterocycles. The molecule has 0 saturated carbocycles. The fraction of sp³-hybridized carbons (Fsp3) is 0.440. The zero-order valence-electron chi connectivity index (χ0n) is 19.3. The quantitative estimate of drug-likeness (QED) is 0.470. The molecule has 0 aliphatic rings. The Labute approximate surface area is 190 Å². The number of methoxy groups -OCH3 is 1. The average molecular weight is 440 g/mol. The molecule has 0 spiro atoms. The zero-order valence-corrected chi connectivity index (χ0v) is 19.3. The van der Waals surface area contributed by atoms with Crippen LogP contribution in [0.4, 0.5) is 0 Å². The molecular formula is C25H33N3O4. The normalized spacial score (nSPS) is 12.0. The Morgan fingerprint density at radius 3 is 2.56 bits per heavy atom. The van der Waals surface area contributed by atoms with Crippen molar-refractivity contribution in [2.75, 3.05) is 26.8 Å². The van der Waals surface area contributed by atoms with Crippen LogP contribution in [0.5, 0.6) is 11.5 Å². The Kier molecular flexibility index (Phi) is 9.51. The molecule has 1 atom stereocenters. The molecule has 2 rings (SSSR count). The van der Waals surface area contributed by atoms with Gasteiger partial charge in [-0.05, 0) is 62.6 Å². The van der Waals surface area contributed by atoms with Gasteiger partial charge in [0.15, 0.2) is 0 Å². The number of amides is 1. The maximum Gasteiger partial charge on any atom is 0.251 e. The lowest BCUT2D eigenvalue weighted by atomic mass is 9.94. The molecule has 0 heterocycles. The first kappa shape index (κ1) is 25.2. The Hall–Kier alpha value is -3.08. The fourth-order valence-electron chi connectivity index (χ4n) is 3.18. The number of aliphatic hydroxyl groups excluding tert-OH is 1. The first-order valence-electron chi connectivity index (χ1n) is 10.8. The van der Waals surface area contributed by atoms with Crippen LogP contribution < -0.4 is 20.1 Å². The third-order valence-corrected chi connectivity index (χ3v) is 4.95. The number of benzene rings is 2. The third kappa shape index (κ3) is 7.88. The lowest BCUT2D eigenvalue weighted by Crippen LogP contribution is -2.46. The van der Waals surface area contributed by atoms with Crippen LogP contribution in [0.1, 0.15) is 48.7 Å². The van der Waals surface area contributed by atoms with Crippen LogP contribution in [0.25, 0.3) is 0 Å². The van der Waals surface area contributed by atoms with Gasteiger partial charge in [0.25, 0.3) is 5.91 Å². The molecule has 0 aliphatic carbocycles. The van der Waals surface area contributed by atoms with Crippen molar-refractivity contribution in [2.45, 2.75) is 45.3 Å². The minimum atomic E-state index is -0.760. The van der Waals surface area contributed by atoms with Gasteiger partial charge in [0.2, 0.25) is 0 Å². The number of carbonyl (C=O) groups excluding carboxylic acids is 1. The van der Waals surface area contributed by atoms with Crippen molar-refractivity contribution in [3.63, 3.8) is 0 Å².